The zero-order chi connectivity index (χ0) is 24.2. The molecule has 9 heteroatoms. The topological polar surface area (TPSA) is 61.8 Å². The predicted molar refractivity (Wildman–Crippen MR) is 121 cm³/mol. The van der Waals surface area contributed by atoms with Crippen LogP contribution in [-0.2, 0) is 14.2 Å². The van der Waals surface area contributed by atoms with Crippen molar-refractivity contribution in [3.05, 3.63) is 105 Å². The van der Waals surface area contributed by atoms with Crippen LogP contribution in [0.1, 0.15) is 38.8 Å². The maximum absolute atomic E-state index is 14.3. The van der Waals surface area contributed by atoms with E-state index in [-0.39, 0.29) is 29.7 Å². The summed E-state index contributed by atoms with van der Waals surface area (Å²) in [5, 5.41) is 0.916. The SMILES string of the molecule is O=C(OC[C@H]1O[C@H](c2cc(F)ccc2F)C[C@@H]1OC(=O)c1ccc(Cl)cc1)c1ccc(Cl)cc1. The Hall–Kier alpha value is -3.00. The Balaban J connectivity index is 1.50. The molecule has 0 spiro atoms. The van der Waals surface area contributed by atoms with Gasteiger partial charge in [-0.3, -0.25) is 0 Å². The summed E-state index contributed by atoms with van der Waals surface area (Å²) in [5.74, 6) is -2.58. The second-order valence-corrected chi connectivity index (χ2v) is 8.49. The maximum atomic E-state index is 14.3. The average Bonchev–Trinajstić information content (AvgIpc) is 3.22. The molecule has 1 aliphatic rings. The molecule has 3 aromatic carbocycles. The van der Waals surface area contributed by atoms with E-state index in [2.05, 4.69) is 0 Å². The number of carbonyl (C=O) groups excluding carboxylic acids is 2. The smallest absolute Gasteiger partial charge is 0.338 e. The highest BCUT2D eigenvalue weighted by atomic mass is 35.5. The van der Waals surface area contributed by atoms with E-state index in [1.54, 1.807) is 24.3 Å². The molecule has 0 radical (unpaired) electrons. The molecule has 5 nitrogen and oxygen atoms in total. The van der Waals surface area contributed by atoms with Crippen molar-refractivity contribution in [3.63, 3.8) is 0 Å². The lowest BCUT2D eigenvalue weighted by molar-refractivity contribution is -0.0432. The van der Waals surface area contributed by atoms with Crippen LogP contribution in [0.5, 0.6) is 0 Å². The summed E-state index contributed by atoms with van der Waals surface area (Å²) in [6, 6.07) is 15.2. The fraction of sp³-hybridized carbons (Fsp3) is 0.200. The first kappa shape index (κ1) is 24.1. The molecule has 0 saturated carbocycles. The number of hydrogen-bond donors (Lipinski definition) is 0. The Morgan fingerprint density at radius 1 is 0.882 bits per heavy atom. The van der Waals surface area contributed by atoms with Gasteiger partial charge in [0.25, 0.3) is 0 Å². The molecule has 3 aromatic rings. The summed E-state index contributed by atoms with van der Waals surface area (Å²) in [5.41, 5.74) is 0.505. The standard InChI is InChI=1S/C25H18Cl2F2O5/c26-16-5-1-14(2-6-16)24(30)32-13-23-22(34-25(31)15-3-7-17(27)8-4-15)12-21(33-23)19-11-18(28)9-10-20(19)29/h1-11,21-23H,12-13H2/t21-,22-,23+/m0/s1. The van der Waals surface area contributed by atoms with Crippen LogP contribution in [0.3, 0.4) is 0 Å². The Labute approximate surface area is 204 Å². The lowest BCUT2D eigenvalue weighted by Gasteiger charge is -2.19. The zero-order valence-electron chi connectivity index (χ0n) is 17.6. The summed E-state index contributed by atoms with van der Waals surface area (Å²) in [6.07, 6.45) is -2.64. The van der Waals surface area contributed by atoms with Crippen LogP contribution in [-0.4, -0.2) is 30.8 Å². The summed E-state index contributed by atoms with van der Waals surface area (Å²) >= 11 is 11.7. The Bertz CT molecular complexity index is 1180. The quantitative estimate of drug-likeness (QED) is 0.373. The van der Waals surface area contributed by atoms with Gasteiger partial charge < -0.3 is 14.2 Å². The van der Waals surface area contributed by atoms with Gasteiger partial charge in [-0.05, 0) is 66.7 Å². The second kappa shape index (κ2) is 10.5. The average molecular weight is 507 g/mol. The van der Waals surface area contributed by atoms with Gasteiger partial charge in [0.1, 0.15) is 30.4 Å². The fourth-order valence-corrected chi connectivity index (χ4v) is 3.82. The summed E-state index contributed by atoms with van der Waals surface area (Å²) in [4.78, 5) is 25.0. The van der Waals surface area contributed by atoms with E-state index in [1.165, 1.54) is 24.3 Å². The first-order valence-corrected chi connectivity index (χ1v) is 11.1. The van der Waals surface area contributed by atoms with Gasteiger partial charge in [0, 0.05) is 22.0 Å². The van der Waals surface area contributed by atoms with Crippen molar-refractivity contribution in [2.45, 2.75) is 24.7 Å². The molecular formula is C25H18Cl2F2O5. The van der Waals surface area contributed by atoms with Crippen LogP contribution in [0.2, 0.25) is 10.0 Å². The van der Waals surface area contributed by atoms with Crippen LogP contribution >= 0.6 is 23.2 Å². The van der Waals surface area contributed by atoms with Crippen molar-refractivity contribution in [1.82, 2.24) is 0 Å². The molecule has 1 saturated heterocycles. The van der Waals surface area contributed by atoms with Crippen LogP contribution in [0.4, 0.5) is 8.78 Å². The lowest BCUT2D eigenvalue weighted by Crippen LogP contribution is -2.32. The molecule has 1 heterocycles. The highest BCUT2D eigenvalue weighted by Crippen LogP contribution is 2.37. The number of hydrogen-bond acceptors (Lipinski definition) is 5. The normalized spacial score (nSPS) is 19.6. The van der Waals surface area contributed by atoms with Crippen molar-refractivity contribution in [2.75, 3.05) is 6.61 Å². The predicted octanol–water partition coefficient (Wildman–Crippen LogP) is 6.18. The minimum absolute atomic E-state index is 0.0148. The van der Waals surface area contributed by atoms with Crippen molar-refractivity contribution in [1.29, 1.82) is 0 Å². The Morgan fingerprint density at radius 2 is 1.47 bits per heavy atom. The monoisotopic (exact) mass is 506 g/mol. The highest BCUT2D eigenvalue weighted by Gasteiger charge is 2.40. The van der Waals surface area contributed by atoms with Crippen molar-refractivity contribution in [3.8, 4) is 0 Å². The molecule has 4 rings (SSSR count). The third kappa shape index (κ3) is 5.73. The van der Waals surface area contributed by atoms with Crippen LogP contribution in [0, 0.1) is 11.6 Å². The summed E-state index contributed by atoms with van der Waals surface area (Å²) in [7, 11) is 0. The molecule has 3 atom stereocenters. The third-order valence-electron chi connectivity index (χ3n) is 5.30. The van der Waals surface area contributed by atoms with Gasteiger partial charge >= 0.3 is 11.9 Å². The molecule has 1 fully saturated rings. The van der Waals surface area contributed by atoms with Gasteiger partial charge in [0.2, 0.25) is 0 Å². The Morgan fingerprint density at radius 3 is 2.09 bits per heavy atom. The van der Waals surface area contributed by atoms with E-state index in [0.717, 1.165) is 18.2 Å². The molecule has 0 aliphatic carbocycles. The highest BCUT2D eigenvalue weighted by molar-refractivity contribution is 6.31. The summed E-state index contributed by atoms with van der Waals surface area (Å²) < 4.78 is 44.9. The van der Waals surface area contributed by atoms with Crippen molar-refractivity contribution < 1.29 is 32.6 Å². The molecule has 0 unspecified atom stereocenters. The van der Waals surface area contributed by atoms with Gasteiger partial charge in [0.05, 0.1) is 17.2 Å². The number of halogens is 4. The molecule has 34 heavy (non-hydrogen) atoms. The van der Waals surface area contributed by atoms with Gasteiger partial charge in [-0.25, -0.2) is 18.4 Å². The van der Waals surface area contributed by atoms with Crippen LogP contribution in [0.15, 0.2) is 66.7 Å². The molecule has 0 N–H and O–H groups in total. The lowest BCUT2D eigenvalue weighted by atomic mass is 10.0. The van der Waals surface area contributed by atoms with E-state index in [1.807, 2.05) is 0 Å². The molecule has 0 amide bonds. The maximum Gasteiger partial charge on any atom is 0.338 e. The van der Waals surface area contributed by atoms with E-state index in [9.17, 15) is 18.4 Å². The number of ether oxygens (including phenoxy) is 3. The minimum atomic E-state index is -0.905. The largest absolute Gasteiger partial charge is 0.459 e. The van der Waals surface area contributed by atoms with Gasteiger partial charge in [0.15, 0.2) is 0 Å². The fourth-order valence-electron chi connectivity index (χ4n) is 3.57. The van der Waals surface area contributed by atoms with E-state index in [4.69, 9.17) is 37.4 Å². The van der Waals surface area contributed by atoms with Crippen molar-refractivity contribution in [2.24, 2.45) is 0 Å². The number of carbonyl (C=O) groups is 2. The first-order chi connectivity index (χ1) is 16.3. The molecule has 0 aromatic heterocycles. The van der Waals surface area contributed by atoms with Gasteiger partial charge in [-0.15, -0.1) is 0 Å². The van der Waals surface area contributed by atoms with E-state index < -0.39 is 41.9 Å². The zero-order valence-corrected chi connectivity index (χ0v) is 19.1. The third-order valence-corrected chi connectivity index (χ3v) is 5.81. The van der Waals surface area contributed by atoms with E-state index >= 15 is 0 Å². The van der Waals surface area contributed by atoms with E-state index in [0.29, 0.717) is 10.0 Å². The molecule has 0 bridgehead atoms. The molecular weight excluding hydrogens is 489 g/mol. The number of rotatable bonds is 6. The van der Waals surface area contributed by atoms with Crippen LogP contribution in [0.25, 0.3) is 0 Å². The van der Waals surface area contributed by atoms with Gasteiger partial charge in [-0.1, -0.05) is 23.2 Å². The summed E-state index contributed by atoms with van der Waals surface area (Å²) in [6.45, 7) is -0.270. The second-order valence-electron chi connectivity index (χ2n) is 7.62. The molecule has 176 valence electrons. The van der Waals surface area contributed by atoms with Gasteiger partial charge in [-0.2, -0.15) is 0 Å². The minimum Gasteiger partial charge on any atom is -0.459 e. The van der Waals surface area contributed by atoms with Crippen molar-refractivity contribution >= 4 is 35.1 Å². The number of esters is 2. The van der Waals surface area contributed by atoms with Crippen LogP contribution < -0.4 is 0 Å². The number of benzene rings is 3. The molecule has 1 aliphatic heterocycles. The first-order valence-electron chi connectivity index (χ1n) is 10.3. The Kier molecular flexibility index (Phi) is 7.46.